The number of hydrogen-bond donors (Lipinski definition) is 17. The lowest BCUT2D eigenvalue weighted by Crippen LogP contribution is -2.63. The lowest BCUT2D eigenvalue weighted by molar-refractivity contribution is -0.144. The third kappa shape index (κ3) is 26.9. The number of aromatic nitrogens is 2. The number of likely N-dealkylation sites (tertiary alicyclic amines) is 2. The number of nitrogens with zero attached hydrogens (tertiary/aromatic N) is 2. The molecule has 0 radical (unpaired) electrons. The summed E-state index contributed by atoms with van der Waals surface area (Å²) < 4.78 is 0. The van der Waals surface area contributed by atoms with Gasteiger partial charge in [0.05, 0.1) is 0 Å². The van der Waals surface area contributed by atoms with E-state index >= 15 is 33.6 Å². The zero-order valence-electron chi connectivity index (χ0n) is 69.3. The molecular weight excluding hydrogens is 1530 g/mol. The SMILES string of the molecule is CCCCCCCC(=O)N[C@H](CCCNC(=N)N)C(=O)N1CCC[C@H]1C(=O)N[C@@H](CCCCN)C(=O)N1CCC[C@H]1C(=O)N[C@H](Cc1ccccc1)C(=O)N[C@@H](CCC(N)=O)C(=O)N[C@H](Cc1c[nH]c2ccccc12)C(=O)N[C@@H](Cc1ccccc1)C(=O)N[C@H](Cc1c[nH]c2ccccc12)C(=O)N[C@@H](CC(C)C)C(=O)NC1(C(N)=O)CCCCC1. The van der Waals surface area contributed by atoms with E-state index in [0.29, 0.717) is 97.4 Å². The molecule has 9 rings (SSSR count). The number of guanidine groups is 1. The summed E-state index contributed by atoms with van der Waals surface area (Å²) in [5, 5.41) is 37.7. The highest BCUT2D eigenvalue weighted by atomic mass is 16.2. The quantitative estimate of drug-likeness (QED) is 0.0145. The van der Waals surface area contributed by atoms with Gasteiger partial charge in [-0.2, -0.15) is 0 Å². The highest BCUT2D eigenvalue weighted by Crippen LogP contribution is 2.30. The maximum atomic E-state index is 15.6. The van der Waals surface area contributed by atoms with Crippen LogP contribution < -0.4 is 76.1 Å². The van der Waals surface area contributed by atoms with Gasteiger partial charge in [0.2, 0.25) is 76.8 Å². The van der Waals surface area contributed by atoms with Crippen molar-refractivity contribution in [3.05, 3.63) is 144 Å². The minimum Gasteiger partial charge on any atom is -0.370 e. The van der Waals surface area contributed by atoms with Crippen molar-refractivity contribution in [3.63, 3.8) is 0 Å². The number of aromatic amines is 2. The van der Waals surface area contributed by atoms with Crippen molar-refractivity contribution in [1.29, 1.82) is 5.41 Å². The molecule has 21 N–H and O–H groups in total. The molecule has 32 heteroatoms. The number of H-pyrrole nitrogens is 2. The van der Waals surface area contributed by atoms with Gasteiger partial charge in [-0.25, -0.2) is 0 Å². The van der Waals surface area contributed by atoms with Crippen molar-refractivity contribution in [2.45, 2.75) is 260 Å². The van der Waals surface area contributed by atoms with E-state index in [1.165, 1.54) is 9.80 Å². The molecule has 0 unspecified atom stereocenters. The summed E-state index contributed by atoms with van der Waals surface area (Å²) in [5.41, 5.74) is 25.7. The van der Waals surface area contributed by atoms with Crippen molar-refractivity contribution in [2.24, 2.45) is 28.9 Å². The highest BCUT2D eigenvalue weighted by molar-refractivity contribution is 6.01. The lowest BCUT2D eigenvalue weighted by atomic mass is 9.80. The fourth-order valence-corrected chi connectivity index (χ4v) is 16.3. The van der Waals surface area contributed by atoms with Gasteiger partial charge < -0.3 is 95.9 Å². The van der Waals surface area contributed by atoms with Gasteiger partial charge in [0.25, 0.3) is 0 Å². The third-order valence-electron chi connectivity index (χ3n) is 22.9. The number of carbonyl (C=O) groups excluding carboxylic acids is 13. The Morgan fingerprint density at radius 3 is 1.41 bits per heavy atom. The Morgan fingerprint density at radius 1 is 0.467 bits per heavy atom. The Labute approximate surface area is 700 Å². The molecule has 3 aliphatic rings. The minimum absolute atomic E-state index is 0.0918. The van der Waals surface area contributed by atoms with Gasteiger partial charge in [0.15, 0.2) is 5.96 Å². The zero-order valence-corrected chi connectivity index (χ0v) is 69.3. The molecule has 10 atom stereocenters. The Balaban J connectivity index is 0.959. The van der Waals surface area contributed by atoms with Crippen LogP contribution in [-0.2, 0) is 88.0 Å². The number of fused-ring (bicyclic) bond motifs is 2. The molecule has 13 amide bonds. The molecule has 4 heterocycles. The van der Waals surface area contributed by atoms with Gasteiger partial charge >= 0.3 is 0 Å². The van der Waals surface area contributed by atoms with Crippen LogP contribution in [0.2, 0.25) is 0 Å². The topological polar surface area (TPSA) is 508 Å². The van der Waals surface area contributed by atoms with Gasteiger partial charge in [0, 0.05) is 92.4 Å². The third-order valence-corrected chi connectivity index (χ3v) is 22.9. The monoisotopic (exact) mass is 1650 g/mol. The number of benzene rings is 4. The largest absolute Gasteiger partial charge is 0.370 e. The summed E-state index contributed by atoms with van der Waals surface area (Å²) in [6, 6.07) is 19.0. The summed E-state index contributed by atoms with van der Waals surface area (Å²) in [6.45, 7) is 6.69. The molecule has 4 aromatic carbocycles. The van der Waals surface area contributed by atoms with Crippen molar-refractivity contribution in [1.82, 2.24) is 72.9 Å². The molecule has 6 aromatic rings. The fraction of sp³-hybridized carbons (Fsp3) is 0.523. The number of primary amides is 2. The number of para-hydroxylation sites is 2. The van der Waals surface area contributed by atoms with Crippen LogP contribution in [0.25, 0.3) is 21.8 Å². The molecule has 2 saturated heterocycles. The second-order valence-electron chi connectivity index (χ2n) is 32.5. The summed E-state index contributed by atoms with van der Waals surface area (Å²) in [6.07, 6.45) is 12.4. The van der Waals surface area contributed by atoms with Gasteiger partial charge in [-0.15, -0.1) is 0 Å². The van der Waals surface area contributed by atoms with Gasteiger partial charge in [0.1, 0.15) is 66.0 Å². The number of carbonyl (C=O) groups is 13. The predicted molar refractivity (Wildman–Crippen MR) is 456 cm³/mol. The van der Waals surface area contributed by atoms with Gasteiger partial charge in [-0.1, -0.05) is 163 Å². The maximum absolute atomic E-state index is 15.6. The molecule has 32 nitrogen and oxygen atoms in total. The van der Waals surface area contributed by atoms with Crippen LogP contribution in [0.3, 0.4) is 0 Å². The molecule has 120 heavy (non-hydrogen) atoms. The van der Waals surface area contributed by atoms with Crippen LogP contribution in [0, 0.1) is 11.3 Å². The molecule has 2 aromatic heterocycles. The number of amides is 13. The van der Waals surface area contributed by atoms with Crippen molar-refractivity contribution >= 4 is 105 Å². The van der Waals surface area contributed by atoms with Gasteiger partial charge in [-0.05, 0) is 137 Å². The van der Waals surface area contributed by atoms with E-state index in [4.69, 9.17) is 28.3 Å². The molecule has 0 spiro atoms. The molecule has 1 saturated carbocycles. The summed E-state index contributed by atoms with van der Waals surface area (Å²) >= 11 is 0. The second kappa shape index (κ2) is 46.0. The number of nitrogens with one attached hydrogen (secondary N) is 13. The van der Waals surface area contributed by atoms with Crippen molar-refractivity contribution in [2.75, 3.05) is 26.2 Å². The van der Waals surface area contributed by atoms with Crippen LogP contribution >= 0.6 is 0 Å². The average molecular weight is 1660 g/mol. The lowest BCUT2D eigenvalue weighted by Gasteiger charge is -2.36. The van der Waals surface area contributed by atoms with E-state index in [0.717, 1.165) is 43.0 Å². The van der Waals surface area contributed by atoms with Crippen LogP contribution in [-0.4, -0.2) is 195 Å². The summed E-state index contributed by atoms with van der Waals surface area (Å²) in [4.78, 5) is 199. The van der Waals surface area contributed by atoms with E-state index in [9.17, 15) is 28.8 Å². The first-order valence-electron chi connectivity index (χ1n) is 42.6. The average Bonchev–Trinajstić information content (AvgIpc) is 1.16. The Morgan fingerprint density at radius 2 is 0.917 bits per heavy atom. The summed E-state index contributed by atoms with van der Waals surface area (Å²) in [7, 11) is 0. The predicted octanol–water partition coefficient (Wildman–Crippen LogP) is 4.15. The molecule has 648 valence electrons. The normalized spacial score (nSPS) is 17.0. The van der Waals surface area contributed by atoms with Crippen LogP contribution in [0.15, 0.2) is 122 Å². The number of unbranched alkanes of at least 4 members (excludes halogenated alkanes) is 5. The Kier molecular flexibility index (Phi) is 35.4. The Hall–Kier alpha value is -11.7. The zero-order chi connectivity index (χ0) is 86.3. The van der Waals surface area contributed by atoms with Crippen molar-refractivity contribution in [3.8, 4) is 0 Å². The molecule has 1 aliphatic carbocycles. The number of hydrogen-bond acceptors (Lipinski definition) is 15. The van der Waals surface area contributed by atoms with E-state index in [-0.39, 0.29) is 108 Å². The van der Waals surface area contributed by atoms with E-state index < -0.39 is 150 Å². The molecule has 2 aliphatic heterocycles. The van der Waals surface area contributed by atoms with Crippen molar-refractivity contribution < 1.29 is 62.3 Å². The minimum atomic E-state index is -1.63. The van der Waals surface area contributed by atoms with Crippen LogP contribution in [0.4, 0.5) is 0 Å². The highest BCUT2D eigenvalue weighted by Gasteiger charge is 2.45. The Bertz CT molecular complexity index is 4490. The van der Waals surface area contributed by atoms with E-state index in [1.807, 2.05) is 56.3 Å². The van der Waals surface area contributed by atoms with E-state index in [1.54, 1.807) is 79.1 Å². The van der Waals surface area contributed by atoms with E-state index in [2.05, 4.69) is 70.1 Å². The second-order valence-corrected chi connectivity index (χ2v) is 32.5. The van der Waals surface area contributed by atoms with Crippen LogP contribution in [0.1, 0.15) is 191 Å². The summed E-state index contributed by atoms with van der Waals surface area (Å²) in [5.74, 6) is -9.53. The van der Waals surface area contributed by atoms with Crippen LogP contribution in [0.5, 0.6) is 0 Å². The van der Waals surface area contributed by atoms with Gasteiger partial charge in [-0.3, -0.25) is 67.7 Å². The first kappa shape index (κ1) is 92.2. The molecule has 0 bridgehead atoms. The maximum Gasteiger partial charge on any atom is 0.245 e. The molecular formula is C88H123N19O13. The molecule has 3 fully saturated rings. The first-order valence-corrected chi connectivity index (χ1v) is 42.6. The smallest absolute Gasteiger partial charge is 0.245 e. The first-order chi connectivity index (χ1) is 57.7. The number of nitrogens with two attached hydrogens (primary N) is 4. The standard InChI is InChI=1S/C88H123N19O13/c1-4-5-6-7-15-39-75(109)97-65(36-24-45-94-87(92)93)84(118)106-46-25-37-72(106)82(116)99-66(35-20-23-44-89)85(119)107-47-26-38-73(107)83(117)104-69(50-57-29-13-9-14-30-57)77(111)98-64(40-41-74(90)108)76(110)102-70(51-58-53-95-62-33-18-16-31-60(58)62)80(114)101-68(49-56-27-11-8-12-28-56)78(112)103-71(52-59-54-96-63-34-19-17-32-61(59)63)79(113)100-67(48-55(2)3)81(115)105-88(86(91)120)42-21-10-22-43-88/h8-9,11-14,16-19,27-34,53-55,64-73,95-96H,4-7,10,15,20-26,35-52,89H2,1-3H3,(H2,90,108)(H2,91,120)(H,97,109)(H,98,111)(H,99,116)(H,100,113)(H,101,114)(H,102,110)(H,103,112)(H,104,117)(H,105,115)(H4,92,93,94)/t64-,65+,66-,67-,68-,69+,70+,71+,72-,73-/m0/s1. The fourth-order valence-electron chi connectivity index (χ4n) is 16.3. The number of rotatable bonds is 47.